The van der Waals surface area contributed by atoms with Gasteiger partial charge in [0, 0.05) is 17.5 Å². The van der Waals surface area contributed by atoms with Crippen molar-refractivity contribution in [2.45, 2.75) is 55.7 Å². The van der Waals surface area contributed by atoms with Gasteiger partial charge >= 0.3 is 5.97 Å². The lowest BCUT2D eigenvalue weighted by Gasteiger charge is -2.40. The molecule has 3 aliphatic rings. The quantitative estimate of drug-likeness (QED) is 0.377. The fourth-order valence-electron chi connectivity index (χ4n) is 6.22. The van der Waals surface area contributed by atoms with Crippen molar-refractivity contribution in [3.8, 4) is 5.75 Å². The molecule has 1 aromatic carbocycles. The van der Waals surface area contributed by atoms with Gasteiger partial charge in [-0.25, -0.2) is 0 Å². The second-order valence-corrected chi connectivity index (χ2v) is 11.6. The predicted octanol–water partition coefficient (Wildman–Crippen LogP) is 2.89. The number of anilines is 1. The van der Waals surface area contributed by atoms with Crippen molar-refractivity contribution >= 4 is 35.2 Å². The highest BCUT2D eigenvalue weighted by Crippen LogP contribution is 2.67. The maximum Gasteiger partial charge on any atom is 0.310 e. The maximum atomic E-state index is 14.5. The Balaban J connectivity index is 1.81. The number of benzene rings is 1. The first-order chi connectivity index (χ1) is 17.2. The minimum Gasteiger partial charge on any atom is -0.497 e. The molecule has 0 saturated carbocycles. The van der Waals surface area contributed by atoms with Gasteiger partial charge < -0.3 is 24.4 Å². The van der Waals surface area contributed by atoms with Gasteiger partial charge in [-0.3, -0.25) is 14.4 Å². The van der Waals surface area contributed by atoms with E-state index in [9.17, 15) is 19.5 Å². The molecule has 6 atom stereocenters. The van der Waals surface area contributed by atoms with Crippen LogP contribution < -0.4 is 9.64 Å². The molecule has 4 rings (SSSR count). The third-order valence-corrected chi connectivity index (χ3v) is 9.76. The molecule has 3 aliphatic heterocycles. The molecular weight excluding hydrogens is 480 g/mol. The molecule has 9 heteroatoms. The van der Waals surface area contributed by atoms with Gasteiger partial charge in [0.25, 0.3) is 5.91 Å². The number of rotatable bonds is 10. The molecule has 8 nitrogen and oxygen atoms in total. The number of likely N-dealkylation sites (tertiary alicyclic amines) is 1. The van der Waals surface area contributed by atoms with Gasteiger partial charge in [-0.05, 0) is 49.9 Å². The van der Waals surface area contributed by atoms with Crippen LogP contribution in [0.2, 0.25) is 0 Å². The highest BCUT2D eigenvalue weighted by molar-refractivity contribution is 8.02. The minimum absolute atomic E-state index is 0.0593. The number of amides is 2. The number of esters is 1. The molecule has 1 aromatic rings. The molecule has 1 N–H and O–H groups in total. The predicted molar refractivity (Wildman–Crippen MR) is 139 cm³/mol. The summed E-state index contributed by atoms with van der Waals surface area (Å²) >= 11 is 1.59. The molecule has 36 heavy (non-hydrogen) atoms. The molecule has 3 fully saturated rings. The Morgan fingerprint density at radius 3 is 2.58 bits per heavy atom. The summed E-state index contributed by atoms with van der Waals surface area (Å²) in [6.45, 7) is 9.69. The Morgan fingerprint density at radius 1 is 1.33 bits per heavy atom. The number of thioether (sulfide) groups is 1. The van der Waals surface area contributed by atoms with Gasteiger partial charge in [0.1, 0.15) is 11.8 Å². The second-order valence-electron chi connectivity index (χ2n) is 9.98. The number of nitrogens with zero attached hydrogens (tertiary/aromatic N) is 2. The molecule has 0 aliphatic carbocycles. The van der Waals surface area contributed by atoms with Crippen LogP contribution in [-0.2, 0) is 19.1 Å². The van der Waals surface area contributed by atoms with Crippen molar-refractivity contribution in [2.24, 2.45) is 17.8 Å². The van der Waals surface area contributed by atoms with Crippen LogP contribution in [0.1, 0.15) is 33.6 Å². The standard InChI is InChI=1S/C27H36N2O6S/c1-6-14-28(17-8-10-18(34-5)11-9-17)25(32)23-27-13-12-20(36-27)21(26(33)35-7-2)22(27)24(31)29(23)19(15-30)16(3)4/h6,8-11,16,19-23,30H,1,7,12-15H2,2-5H3/t19-,20-,21+,22-,23?,27?/m0/s1. The molecule has 2 amide bonds. The van der Waals surface area contributed by atoms with E-state index >= 15 is 0 Å². The van der Waals surface area contributed by atoms with Gasteiger partial charge in [-0.2, -0.15) is 0 Å². The summed E-state index contributed by atoms with van der Waals surface area (Å²) in [5.74, 6) is -1.48. The zero-order chi connectivity index (χ0) is 26.2. The summed E-state index contributed by atoms with van der Waals surface area (Å²) in [6.07, 6.45) is 3.05. The number of fused-ring (bicyclic) bond motifs is 1. The van der Waals surface area contributed by atoms with Gasteiger partial charge in [0.15, 0.2) is 0 Å². The average molecular weight is 517 g/mol. The van der Waals surface area contributed by atoms with Crippen molar-refractivity contribution in [1.82, 2.24) is 4.90 Å². The zero-order valence-corrected chi connectivity index (χ0v) is 22.2. The van der Waals surface area contributed by atoms with Crippen LogP contribution in [0.3, 0.4) is 0 Å². The maximum absolute atomic E-state index is 14.5. The average Bonchev–Trinajstić information content (AvgIpc) is 3.50. The summed E-state index contributed by atoms with van der Waals surface area (Å²) in [5, 5.41) is 10.3. The highest BCUT2D eigenvalue weighted by atomic mass is 32.2. The lowest BCUT2D eigenvalue weighted by molar-refractivity contribution is -0.154. The van der Waals surface area contributed by atoms with Crippen molar-refractivity contribution in [3.63, 3.8) is 0 Å². The van der Waals surface area contributed by atoms with Crippen molar-refractivity contribution < 1.29 is 29.0 Å². The topological polar surface area (TPSA) is 96.4 Å². The molecule has 2 unspecified atom stereocenters. The molecule has 3 saturated heterocycles. The third kappa shape index (κ3) is 4.10. The number of ether oxygens (including phenoxy) is 2. The molecule has 0 radical (unpaired) electrons. The number of carbonyl (C=O) groups excluding carboxylic acids is 3. The number of methoxy groups -OCH3 is 1. The summed E-state index contributed by atoms with van der Waals surface area (Å²) in [5.41, 5.74) is 0.664. The van der Waals surface area contributed by atoms with Gasteiger partial charge in [0.05, 0.1) is 42.9 Å². The summed E-state index contributed by atoms with van der Waals surface area (Å²) in [4.78, 5) is 44.8. The number of aliphatic hydroxyl groups excluding tert-OH is 1. The third-order valence-electron chi connectivity index (χ3n) is 7.81. The molecule has 1 spiro atoms. The lowest BCUT2D eigenvalue weighted by atomic mass is 9.71. The van der Waals surface area contributed by atoms with E-state index in [1.165, 1.54) is 0 Å². The lowest BCUT2D eigenvalue weighted by Crippen LogP contribution is -2.58. The first-order valence-corrected chi connectivity index (χ1v) is 13.5. The van der Waals surface area contributed by atoms with E-state index < -0.39 is 28.7 Å². The Morgan fingerprint density at radius 2 is 2.03 bits per heavy atom. The first kappa shape index (κ1) is 26.5. The summed E-state index contributed by atoms with van der Waals surface area (Å²) in [7, 11) is 1.58. The van der Waals surface area contributed by atoms with Gasteiger partial charge in [0.2, 0.25) is 5.91 Å². The van der Waals surface area contributed by atoms with E-state index in [2.05, 4.69) is 6.58 Å². The Bertz CT molecular complexity index is 1010. The Kier molecular flexibility index (Phi) is 7.71. The van der Waals surface area contributed by atoms with Crippen LogP contribution in [0.15, 0.2) is 36.9 Å². The van der Waals surface area contributed by atoms with Crippen LogP contribution in [0.4, 0.5) is 5.69 Å². The van der Waals surface area contributed by atoms with E-state index in [0.29, 0.717) is 17.9 Å². The number of hydrogen-bond acceptors (Lipinski definition) is 7. The highest BCUT2D eigenvalue weighted by Gasteiger charge is 2.75. The van der Waals surface area contributed by atoms with Crippen LogP contribution >= 0.6 is 11.8 Å². The smallest absolute Gasteiger partial charge is 0.310 e. The van der Waals surface area contributed by atoms with E-state index in [4.69, 9.17) is 9.47 Å². The fourth-order valence-corrected chi connectivity index (χ4v) is 8.40. The molecule has 2 bridgehead atoms. The van der Waals surface area contributed by atoms with E-state index in [1.54, 1.807) is 53.8 Å². The number of carbonyl (C=O) groups is 3. The number of aliphatic hydroxyl groups is 1. The SMILES string of the molecule is C=CCN(C(=O)C1N([C@@H](CO)C(C)C)C(=O)[C@@H]2[C@H](C(=O)OCC)[C@@H]3CCC12S3)c1ccc(OC)cc1. The van der Waals surface area contributed by atoms with Gasteiger partial charge in [-0.15, -0.1) is 18.3 Å². The number of hydrogen-bond donors (Lipinski definition) is 1. The van der Waals surface area contributed by atoms with Crippen LogP contribution in [0.25, 0.3) is 0 Å². The molecular formula is C27H36N2O6S. The minimum atomic E-state index is -0.814. The van der Waals surface area contributed by atoms with Crippen LogP contribution in [0.5, 0.6) is 5.75 Å². The Hall–Kier alpha value is -2.52. The van der Waals surface area contributed by atoms with Gasteiger partial charge in [-0.1, -0.05) is 19.9 Å². The largest absolute Gasteiger partial charge is 0.497 e. The first-order valence-electron chi connectivity index (χ1n) is 12.6. The summed E-state index contributed by atoms with van der Waals surface area (Å²) < 4.78 is 9.91. The van der Waals surface area contributed by atoms with E-state index in [1.807, 2.05) is 26.0 Å². The van der Waals surface area contributed by atoms with Crippen LogP contribution in [0, 0.1) is 17.8 Å². The molecule has 3 heterocycles. The van der Waals surface area contributed by atoms with Crippen molar-refractivity contribution in [1.29, 1.82) is 0 Å². The molecule has 0 aromatic heterocycles. The zero-order valence-electron chi connectivity index (χ0n) is 21.4. The van der Waals surface area contributed by atoms with E-state index in [-0.39, 0.29) is 48.7 Å². The van der Waals surface area contributed by atoms with Crippen molar-refractivity contribution in [3.05, 3.63) is 36.9 Å². The summed E-state index contributed by atoms with van der Waals surface area (Å²) in [6, 6.07) is 5.83. The second kappa shape index (κ2) is 10.5. The monoisotopic (exact) mass is 516 g/mol. The molecule has 196 valence electrons. The van der Waals surface area contributed by atoms with Crippen LogP contribution in [-0.4, -0.2) is 76.7 Å². The van der Waals surface area contributed by atoms with E-state index in [0.717, 1.165) is 6.42 Å². The normalized spacial score (nSPS) is 29.3. The fraction of sp³-hybridized carbons (Fsp3) is 0.593. The van der Waals surface area contributed by atoms with Crippen molar-refractivity contribution in [2.75, 3.05) is 31.8 Å². The Labute approximate surface area is 217 Å².